The van der Waals surface area contributed by atoms with E-state index in [1.54, 1.807) is 13.2 Å². The Morgan fingerprint density at radius 1 is 1.09 bits per heavy atom. The van der Waals surface area contributed by atoms with Gasteiger partial charge in [-0.1, -0.05) is 17.7 Å². The van der Waals surface area contributed by atoms with Gasteiger partial charge >= 0.3 is 0 Å². The molecule has 0 spiro atoms. The maximum absolute atomic E-state index is 13.1. The fraction of sp³-hybridized carbons (Fsp3) is 0.400. The van der Waals surface area contributed by atoms with E-state index in [0.29, 0.717) is 37.4 Å². The molecule has 0 atom stereocenters. The summed E-state index contributed by atoms with van der Waals surface area (Å²) in [5.74, 6) is -0.269. The van der Waals surface area contributed by atoms with Gasteiger partial charge in [-0.3, -0.25) is 4.79 Å². The maximum Gasteiger partial charge on any atom is 0.243 e. The van der Waals surface area contributed by atoms with Gasteiger partial charge in [0.1, 0.15) is 0 Å². The standard InChI is InChI=1S/C25H31N3O4S/c1-18-4-7-24(19(2)16-18)33(30,31)28-12-9-20(10-13-28)25(29)26-22-5-6-23-21(17-22)8-11-27(23)14-15-32-3/h4-8,11,16-17,20H,9-10,12-15H2,1-3H3,(H,26,29). The first kappa shape index (κ1) is 23.5. The number of nitrogens with one attached hydrogen (secondary N) is 1. The molecule has 0 saturated carbocycles. The van der Waals surface area contributed by atoms with Gasteiger partial charge in [0.05, 0.1) is 11.5 Å². The largest absolute Gasteiger partial charge is 0.383 e. The third-order valence-electron chi connectivity index (χ3n) is 6.35. The summed E-state index contributed by atoms with van der Waals surface area (Å²) in [6.07, 6.45) is 3.03. The molecule has 1 aromatic heterocycles. The molecule has 1 fully saturated rings. The molecule has 1 N–H and O–H groups in total. The van der Waals surface area contributed by atoms with E-state index < -0.39 is 10.0 Å². The van der Waals surface area contributed by atoms with Crippen molar-refractivity contribution in [1.29, 1.82) is 0 Å². The zero-order valence-electron chi connectivity index (χ0n) is 19.4. The lowest BCUT2D eigenvalue weighted by atomic mass is 9.97. The third-order valence-corrected chi connectivity index (χ3v) is 8.41. The number of nitrogens with zero attached hydrogens (tertiary/aromatic N) is 2. The van der Waals surface area contributed by atoms with Crippen LogP contribution in [0.5, 0.6) is 0 Å². The molecule has 33 heavy (non-hydrogen) atoms. The molecule has 0 radical (unpaired) electrons. The van der Waals surface area contributed by atoms with Crippen molar-refractivity contribution in [1.82, 2.24) is 8.87 Å². The average Bonchev–Trinajstić information content (AvgIpc) is 3.19. The molecule has 1 aliphatic rings. The number of aryl methyl sites for hydroxylation is 2. The fourth-order valence-corrected chi connectivity index (χ4v) is 6.17. The molecule has 2 heterocycles. The topological polar surface area (TPSA) is 80.6 Å². The van der Waals surface area contributed by atoms with Crippen LogP contribution in [0.15, 0.2) is 53.6 Å². The van der Waals surface area contributed by atoms with Crippen LogP contribution in [0.1, 0.15) is 24.0 Å². The van der Waals surface area contributed by atoms with Crippen LogP contribution in [0.4, 0.5) is 5.69 Å². The molecule has 7 nitrogen and oxygen atoms in total. The summed E-state index contributed by atoms with van der Waals surface area (Å²) in [6.45, 7) is 5.87. The minimum atomic E-state index is -3.56. The second-order valence-electron chi connectivity index (χ2n) is 8.71. The Morgan fingerprint density at radius 3 is 2.55 bits per heavy atom. The summed E-state index contributed by atoms with van der Waals surface area (Å²) < 4.78 is 35.0. The predicted molar refractivity (Wildman–Crippen MR) is 130 cm³/mol. The predicted octanol–water partition coefficient (Wildman–Crippen LogP) is 3.94. The van der Waals surface area contributed by atoms with Crippen molar-refractivity contribution in [2.24, 2.45) is 5.92 Å². The number of carbonyl (C=O) groups is 1. The summed E-state index contributed by atoms with van der Waals surface area (Å²) in [7, 11) is -1.87. The molecule has 1 amide bonds. The van der Waals surface area contributed by atoms with Crippen LogP contribution in [0.25, 0.3) is 10.9 Å². The van der Waals surface area contributed by atoms with E-state index in [9.17, 15) is 13.2 Å². The molecule has 0 aliphatic carbocycles. The molecule has 2 aromatic carbocycles. The van der Waals surface area contributed by atoms with Gasteiger partial charge in [-0.25, -0.2) is 8.42 Å². The Morgan fingerprint density at radius 2 is 1.85 bits per heavy atom. The van der Waals surface area contributed by atoms with Crippen molar-refractivity contribution in [2.75, 3.05) is 32.1 Å². The van der Waals surface area contributed by atoms with Crippen molar-refractivity contribution in [3.63, 3.8) is 0 Å². The highest BCUT2D eigenvalue weighted by atomic mass is 32.2. The number of aromatic nitrogens is 1. The first-order valence-corrected chi connectivity index (χ1v) is 12.7. The highest BCUT2D eigenvalue weighted by molar-refractivity contribution is 7.89. The minimum absolute atomic E-state index is 0.0586. The van der Waals surface area contributed by atoms with E-state index in [-0.39, 0.29) is 11.8 Å². The number of ether oxygens (including phenoxy) is 1. The average molecular weight is 470 g/mol. The molecule has 3 aromatic rings. The van der Waals surface area contributed by atoms with Crippen molar-refractivity contribution >= 4 is 32.5 Å². The molecular formula is C25H31N3O4S. The smallest absolute Gasteiger partial charge is 0.243 e. The summed E-state index contributed by atoms with van der Waals surface area (Å²) >= 11 is 0. The Balaban J connectivity index is 1.38. The van der Waals surface area contributed by atoms with Gasteiger partial charge in [0, 0.05) is 55.4 Å². The zero-order valence-corrected chi connectivity index (χ0v) is 20.2. The molecule has 176 valence electrons. The number of fused-ring (bicyclic) bond motifs is 1. The monoisotopic (exact) mass is 469 g/mol. The maximum atomic E-state index is 13.1. The first-order chi connectivity index (χ1) is 15.8. The quantitative estimate of drug-likeness (QED) is 0.568. The van der Waals surface area contributed by atoms with Crippen molar-refractivity contribution in [3.8, 4) is 0 Å². The number of carbonyl (C=O) groups excluding carboxylic acids is 1. The van der Waals surface area contributed by atoms with Crippen LogP contribution in [-0.4, -0.2) is 50.0 Å². The third kappa shape index (κ3) is 4.98. The van der Waals surface area contributed by atoms with E-state index in [1.807, 2.05) is 56.4 Å². The van der Waals surface area contributed by atoms with E-state index in [4.69, 9.17) is 4.74 Å². The molecule has 0 unspecified atom stereocenters. The number of benzene rings is 2. The van der Waals surface area contributed by atoms with E-state index in [2.05, 4.69) is 9.88 Å². The van der Waals surface area contributed by atoms with Crippen LogP contribution in [0, 0.1) is 19.8 Å². The summed E-state index contributed by atoms with van der Waals surface area (Å²) in [4.78, 5) is 13.2. The Kier molecular flexibility index (Phi) is 6.88. The molecule has 1 saturated heterocycles. The summed E-state index contributed by atoms with van der Waals surface area (Å²) in [5, 5.41) is 4.07. The fourth-order valence-electron chi connectivity index (χ4n) is 4.49. The van der Waals surface area contributed by atoms with Gasteiger partial charge < -0.3 is 14.6 Å². The highest BCUT2D eigenvalue weighted by Gasteiger charge is 2.32. The Hall–Kier alpha value is -2.68. The van der Waals surface area contributed by atoms with Crippen molar-refractivity contribution in [3.05, 3.63) is 59.8 Å². The number of hydrogen-bond acceptors (Lipinski definition) is 4. The number of anilines is 1. The Bertz CT molecular complexity index is 1260. The van der Waals surface area contributed by atoms with E-state index in [1.165, 1.54) is 4.31 Å². The number of rotatable bonds is 7. The first-order valence-electron chi connectivity index (χ1n) is 11.3. The highest BCUT2D eigenvalue weighted by Crippen LogP contribution is 2.27. The lowest BCUT2D eigenvalue weighted by Crippen LogP contribution is -2.41. The summed E-state index contributed by atoms with van der Waals surface area (Å²) in [6, 6.07) is 13.3. The number of amides is 1. The van der Waals surface area contributed by atoms with Crippen LogP contribution in [0.2, 0.25) is 0 Å². The van der Waals surface area contributed by atoms with Crippen LogP contribution in [0.3, 0.4) is 0 Å². The van der Waals surface area contributed by atoms with Gasteiger partial charge in [0.15, 0.2) is 0 Å². The van der Waals surface area contributed by atoms with Gasteiger partial charge in [-0.05, 0) is 62.6 Å². The number of methoxy groups -OCH3 is 1. The number of sulfonamides is 1. The SMILES string of the molecule is COCCn1ccc2cc(NC(=O)C3CCN(S(=O)(=O)c4ccc(C)cc4C)CC3)ccc21. The van der Waals surface area contributed by atoms with Gasteiger partial charge in [0.25, 0.3) is 0 Å². The lowest BCUT2D eigenvalue weighted by molar-refractivity contribution is -0.120. The summed E-state index contributed by atoms with van der Waals surface area (Å²) in [5.41, 5.74) is 3.63. The second-order valence-corrected chi connectivity index (χ2v) is 10.6. The van der Waals surface area contributed by atoms with Gasteiger partial charge in [-0.15, -0.1) is 0 Å². The van der Waals surface area contributed by atoms with Gasteiger partial charge in [0.2, 0.25) is 15.9 Å². The number of hydrogen-bond donors (Lipinski definition) is 1. The molecule has 8 heteroatoms. The molecule has 0 bridgehead atoms. The number of piperidine rings is 1. The van der Waals surface area contributed by atoms with Crippen molar-refractivity contribution < 1.29 is 17.9 Å². The lowest BCUT2D eigenvalue weighted by Gasteiger charge is -2.31. The normalized spacial score (nSPS) is 15.7. The van der Waals surface area contributed by atoms with E-state index >= 15 is 0 Å². The minimum Gasteiger partial charge on any atom is -0.383 e. The molecule has 1 aliphatic heterocycles. The van der Waals surface area contributed by atoms with Crippen molar-refractivity contribution in [2.45, 2.75) is 38.1 Å². The Labute approximate surface area is 195 Å². The zero-order chi connectivity index (χ0) is 23.6. The van der Waals surface area contributed by atoms with Gasteiger partial charge in [-0.2, -0.15) is 4.31 Å². The van der Waals surface area contributed by atoms with E-state index in [0.717, 1.165) is 34.3 Å². The van der Waals surface area contributed by atoms with Crippen LogP contribution < -0.4 is 5.32 Å². The van der Waals surface area contributed by atoms with Crippen LogP contribution in [-0.2, 0) is 26.1 Å². The molecular weight excluding hydrogens is 438 g/mol. The molecule has 4 rings (SSSR count). The second kappa shape index (κ2) is 9.67. The van der Waals surface area contributed by atoms with Crippen LogP contribution >= 0.6 is 0 Å².